The highest BCUT2D eigenvalue weighted by Gasteiger charge is 2.63. The van der Waals surface area contributed by atoms with E-state index in [1.54, 1.807) is 0 Å². The van der Waals surface area contributed by atoms with Gasteiger partial charge >= 0.3 is 5.97 Å². The fraction of sp³-hybridized carbons (Fsp3) is 0.733. The molecule has 0 radical (unpaired) electrons. The molecular formula is C30H44N4O5. The van der Waals surface area contributed by atoms with Gasteiger partial charge in [-0.1, -0.05) is 30.5 Å². The van der Waals surface area contributed by atoms with E-state index in [9.17, 15) is 14.7 Å². The molecule has 0 saturated heterocycles. The molecule has 0 aromatic carbocycles. The number of hydrogen-bond donors (Lipinski definition) is 4. The van der Waals surface area contributed by atoms with Crippen molar-refractivity contribution in [1.29, 1.82) is 5.41 Å². The molecule has 1 amide bonds. The number of amidine groups is 1. The molecule has 5 N–H and O–H groups in total. The summed E-state index contributed by atoms with van der Waals surface area (Å²) in [5.74, 6) is 3.39. The van der Waals surface area contributed by atoms with E-state index in [1.165, 1.54) is 12.7 Å². The number of terminal acetylenes is 1. The zero-order valence-corrected chi connectivity index (χ0v) is 23.6. The highest BCUT2D eigenvalue weighted by Crippen LogP contribution is 2.67. The zero-order chi connectivity index (χ0) is 28.4. The Morgan fingerprint density at radius 3 is 2.69 bits per heavy atom. The maximum atomic E-state index is 12.4. The van der Waals surface area contributed by atoms with Crippen molar-refractivity contribution >= 4 is 23.4 Å². The van der Waals surface area contributed by atoms with Crippen molar-refractivity contribution in [1.82, 2.24) is 5.32 Å². The maximum Gasteiger partial charge on any atom is 0.328 e. The molecule has 214 valence electrons. The highest BCUT2D eigenvalue weighted by molar-refractivity contribution is 5.96. The number of esters is 1. The molecular weight excluding hydrogens is 496 g/mol. The van der Waals surface area contributed by atoms with E-state index in [-0.39, 0.29) is 23.3 Å². The number of rotatable bonds is 9. The molecule has 0 unspecified atom stereocenters. The standard InChI is InChI=1S/C30H44N4O5/c1-5-30(37)16-13-23-21-10-9-19-17-20(11-14-28(19,2)22(21)12-15-29(23,30)3)34-39-18-26(35)33-24(27(36)38-4)7-6-8-25(31)32/h1,17,21-24,37H,6-16,18H2,2-4H3,(H3,31,32)(H,33,35)/b34-20+/t21-,22+,23-,24+,28+,29+,30-/m1/s1. The van der Waals surface area contributed by atoms with Gasteiger partial charge in [0.05, 0.1) is 18.7 Å². The molecule has 0 aromatic heterocycles. The predicted molar refractivity (Wildman–Crippen MR) is 149 cm³/mol. The third-order valence-corrected chi connectivity index (χ3v) is 10.5. The van der Waals surface area contributed by atoms with Gasteiger partial charge in [-0.3, -0.25) is 10.2 Å². The second-order valence-electron chi connectivity index (χ2n) is 12.4. The number of carbonyl (C=O) groups is 2. The van der Waals surface area contributed by atoms with Crippen LogP contribution < -0.4 is 11.1 Å². The normalized spacial score (nSPS) is 36.8. The largest absolute Gasteiger partial charge is 0.467 e. The molecule has 4 aliphatic carbocycles. The molecule has 7 atom stereocenters. The number of ether oxygens (including phenoxy) is 1. The lowest BCUT2D eigenvalue weighted by atomic mass is 9.46. The molecule has 9 heteroatoms. The lowest BCUT2D eigenvalue weighted by molar-refractivity contribution is -0.145. The number of aliphatic hydroxyl groups is 1. The topological polar surface area (TPSA) is 147 Å². The summed E-state index contributed by atoms with van der Waals surface area (Å²) in [6.07, 6.45) is 16.7. The van der Waals surface area contributed by atoms with Crippen LogP contribution in [0.2, 0.25) is 0 Å². The van der Waals surface area contributed by atoms with Crippen LogP contribution in [0.1, 0.15) is 84.5 Å². The van der Waals surface area contributed by atoms with Crippen molar-refractivity contribution in [2.75, 3.05) is 13.7 Å². The van der Waals surface area contributed by atoms with Gasteiger partial charge in [-0.2, -0.15) is 0 Å². The second-order valence-corrected chi connectivity index (χ2v) is 12.4. The Kier molecular flexibility index (Phi) is 8.46. The molecule has 0 spiro atoms. The van der Waals surface area contributed by atoms with Gasteiger partial charge in [0.1, 0.15) is 11.6 Å². The Hall–Kier alpha value is -2.86. The van der Waals surface area contributed by atoms with Crippen molar-refractivity contribution < 1.29 is 24.3 Å². The smallest absolute Gasteiger partial charge is 0.328 e. The molecule has 0 heterocycles. The second kappa shape index (κ2) is 11.3. The summed E-state index contributed by atoms with van der Waals surface area (Å²) in [5, 5.41) is 25.4. The number of methoxy groups -OCH3 is 1. The molecule has 9 nitrogen and oxygen atoms in total. The average molecular weight is 541 g/mol. The van der Waals surface area contributed by atoms with Gasteiger partial charge < -0.3 is 25.7 Å². The van der Waals surface area contributed by atoms with Crippen molar-refractivity contribution in [3.8, 4) is 12.3 Å². The number of hydrogen-bond acceptors (Lipinski definition) is 7. The summed E-state index contributed by atoms with van der Waals surface area (Å²) >= 11 is 0. The van der Waals surface area contributed by atoms with Gasteiger partial charge in [-0.15, -0.1) is 6.42 Å². The van der Waals surface area contributed by atoms with E-state index in [2.05, 4.69) is 36.3 Å². The Labute approximate surface area is 231 Å². The van der Waals surface area contributed by atoms with E-state index >= 15 is 0 Å². The Balaban J connectivity index is 1.35. The Morgan fingerprint density at radius 2 is 2.00 bits per heavy atom. The number of nitrogens with zero attached hydrogens (tertiary/aromatic N) is 1. The van der Waals surface area contributed by atoms with E-state index in [0.29, 0.717) is 43.4 Å². The van der Waals surface area contributed by atoms with Gasteiger partial charge in [0.2, 0.25) is 0 Å². The molecule has 0 aromatic rings. The number of fused-ring (bicyclic) bond motifs is 5. The number of nitrogens with two attached hydrogens (primary N) is 1. The SMILES string of the molecule is C#C[C@@]1(O)CC[C@@H]2[C@@H]3CCC4=C/C(=N/OCC(=O)N[C@@H](CCCC(=N)N)C(=O)OC)CC[C@]4(C)[C@H]3CC[C@@]21C. The molecule has 3 saturated carbocycles. The van der Waals surface area contributed by atoms with Crippen LogP contribution in [0.4, 0.5) is 0 Å². The molecule has 4 aliphatic rings. The lowest BCUT2D eigenvalue weighted by Gasteiger charge is -2.58. The van der Waals surface area contributed by atoms with Gasteiger partial charge in [0, 0.05) is 11.8 Å². The first-order chi connectivity index (χ1) is 18.5. The van der Waals surface area contributed by atoms with Crippen LogP contribution in [0.15, 0.2) is 16.8 Å². The minimum atomic E-state index is -0.985. The van der Waals surface area contributed by atoms with Crippen molar-refractivity contribution in [3.05, 3.63) is 11.6 Å². The number of amides is 1. The molecule has 0 aliphatic heterocycles. The zero-order valence-electron chi connectivity index (χ0n) is 23.6. The van der Waals surface area contributed by atoms with Gasteiger partial charge in [-0.05, 0) is 93.5 Å². The minimum absolute atomic E-state index is 0.0341. The van der Waals surface area contributed by atoms with Gasteiger partial charge in [-0.25, -0.2) is 4.79 Å². The number of nitrogens with one attached hydrogen (secondary N) is 2. The summed E-state index contributed by atoms with van der Waals surface area (Å²) in [6.45, 7) is 4.31. The summed E-state index contributed by atoms with van der Waals surface area (Å²) in [6, 6.07) is -0.820. The third-order valence-electron chi connectivity index (χ3n) is 10.5. The summed E-state index contributed by atoms with van der Waals surface area (Å²) in [4.78, 5) is 29.8. The molecule has 4 rings (SSSR count). The van der Waals surface area contributed by atoms with E-state index in [4.69, 9.17) is 27.1 Å². The first kappa shape index (κ1) is 29.1. The van der Waals surface area contributed by atoms with Gasteiger partial charge in [0.25, 0.3) is 5.91 Å². The summed E-state index contributed by atoms with van der Waals surface area (Å²) in [5.41, 5.74) is 6.54. The molecule has 3 fully saturated rings. The fourth-order valence-electron chi connectivity index (χ4n) is 8.19. The first-order valence-electron chi connectivity index (χ1n) is 14.3. The first-order valence-corrected chi connectivity index (χ1v) is 14.3. The van der Waals surface area contributed by atoms with Gasteiger partial charge in [0.15, 0.2) is 6.61 Å². The van der Waals surface area contributed by atoms with Crippen LogP contribution in [0.3, 0.4) is 0 Å². The van der Waals surface area contributed by atoms with Crippen molar-refractivity contribution in [2.24, 2.45) is 39.5 Å². The number of allylic oxidation sites excluding steroid dienone is 2. The van der Waals surface area contributed by atoms with Crippen LogP contribution in [0, 0.1) is 46.3 Å². The summed E-state index contributed by atoms with van der Waals surface area (Å²) < 4.78 is 4.78. The summed E-state index contributed by atoms with van der Waals surface area (Å²) in [7, 11) is 1.27. The van der Waals surface area contributed by atoms with E-state index in [0.717, 1.165) is 50.7 Å². The lowest BCUT2D eigenvalue weighted by Crippen LogP contribution is -2.54. The molecule has 0 bridgehead atoms. The van der Waals surface area contributed by atoms with Crippen LogP contribution in [0.25, 0.3) is 0 Å². The average Bonchev–Trinajstić information content (AvgIpc) is 3.18. The van der Waals surface area contributed by atoms with Crippen LogP contribution in [-0.2, 0) is 19.2 Å². The van der Waals surface area contributed by atoms with E-state index in [1.807, 2.05) is 0 Å². The minimum Gasteiger partial charge on any atom is -0.467 e. The van der Waals surface area contributed by atoms with Crippen LogP contribution in [0.5, 0.6) is 0 Å². The quantitative estimate of drug-likeness (QED) is 0.116. The predicted octanol–water partition coefficient (Wildman–Crippen LogP) is 3.45. The highest BCUT2D eigenvalue weighted by atomic mass is 16.6. The van der Waals surface area contributed by atoms with E-state index < -0.39 is 23.5 Å². The number of carbonyl (C=O) groups excluding carboxylic acids is 2. The van der Waals surface area contributed by atoms with Crippen molar-refractivity contribution in [3.63, 3.8) is 0 Å². The Morgan fingerprint density at radius 1 is 1.26 bits per heavy atom. The third kappa shape index (κ3) is 5.45. The van der Waals surface area contributed by atoms with Crippen LogP contribution >= 0.6 is 0 Å². The van der Waals surface area contributed by atoms with Crippen molar-refractivity contribution in [2.45, 2.75) is 96.1 Å². The number of oxime groups is 1. The Bertz CT molecular complexity index is 1100. The van der Waals surface area contributed by atoms with Crippen LogP contribution in [-0.4, -0.2) is 53.9 Å². The molecule has 39 heavy (non-hydrogen) atoms. The maximum absolute atomic E-state index is 12.4. The fourth-order valence-corrected chi connectivity index (χ4v) is 8.19. The monoisotopic (exact) mass is 540 g/mol.